The molecular formula is C12H13FN2O. The van der Waals surface area contributed by atoms with Crippen molar-refractivity contribution >= 4 is 11.6 Å². The van der Waals surface area contributed by atoms with Crippen molar-refractivity contribution in [3.63, 3.8) is 0 Å². The molecule has 0 fully saturated rings. The summed E-state index contributed by atoms with van der Waals surface area (Å²) in [6.07, 6.45) is 5.14. The molecule has 1 amide bonds. The van der Waals surface area contributed by atoms with Crippen molar-refractivity contribution in [2.75, 3.05) is 11.9 Å². The van der Waals surface area contributed by atoms with Gasteiger partial charge in [0.15, 0.2) is 0 Å². The molecule has 16 heavy (non-hydrogen) atoms. The largest absolute Gasteiger partial charge is 0.325 e. The first-order chi connectivity index (χ1) is 7.61. The van der Waals surface area contributed by atoms with E-state index < -0.39 is 0 Å². The number of carbonyl (C=O) groups excluding carboxylic acids is 1. The van der Waals surface area contributed by atoms with Crippen LogP contribution in [-0.2, 0) is 4.79 Å². The van der Waals surface area contributed by atoms with Gasteiger partial charge < -0.3 is 5.32 Å². The van der Waals surface area contributed by atoms with Crippen molar-refractivity contribution in [3.8, 4) is 12.3 Å². The van der Waals surface area contributed by atoms with Gasteiger partial charge in [-0.1, -0.05) is 12.0 Å². The van der Waals surface area contributed by atoms with Crippen molar-refractivity contribution < 1.29 is 9.18 Å². The Morgan fingerprint density at radius 3 is 3.00 bits per heavy atom. The van der Waals surface area contributed by atoms with Gasteiger partial charge in [0.2, 0.25) is 5.91 Å². The van der Waals surface area contributed by atoms with E-state index >= 15 is 0 Å². The summed E-state index contributed by atoms with van der Waals surface area (Å²) in [6.45, 7) is 1.87. The predicted molar refractivity (Wildman–Crippen MR) is 61.3 cm³/mol. The van der Waals surface area contributed by atoms with E-state index in [2.05, 4.69) is 16.6 Å². The minimum Gasteiger partial charge on any atom is -0.325 e. The summed E-state index contributed by atoms with van der Waals surface area (Å²) in [4.78, 5) is 11.4. The zero-order valence-corrected chi connectivity index (χ0v) is 8.96. The normalized spacial score (nSPS) is 11.6. The smallest absolute Gasteiger partial charge is 0.238 e. The summed E-state index contributed by atoms with van der Waals surface area (Å²) in [7, 11) is 0. The fraction of sp³-hybridized carbons (Fsp3) is 0.250. The fourth-order valence-corrected chi connectivity index (χ4v) is 1.08. The van der Waals surface area contributed by atoms with Crippen LogP contribution in [0.4, 0.5) is 10.1 Å². The second kappa shape index (κ2) is 5.89. The maximum absolute atomic E-state index is 12.8. The summed E-state index contributed by atoms with van der Waals surface area (Å²) in [5.74, 6) is 1.80. The zero-order chi connectivity index (χ0) is 12.0. The molecule has 3 nitrogen and oxygen atoms in total. The number of amides is 1. The van der Waals surface area contributed by atoms with Gasteiger partial charge in [-0.05, 0) is 25.1 Å². The summed E-state index contributed by atoms with van der Waals surface area (Å²) in [5.41, 5.74) is 0.431. The number of anilines is 1. The molecule has 0 aliphatic heterocycles. The number of terminal acetylenes is 1. The SMILES string of the molecule is C#CC(C)NCC(=O)Nc1cccc(F)c1. The molecule has 0 aromatic heterocycles. The van der Waals surface area contributed by atoms with Gasteiger partial charge in [-0.25, -0.2) is 4.39 Å². The van der Waals surface area contributed by atoms with Crippen LogP contribution < -0.4 is 10.6 Å². The van der Waals surface area contributed by atoms with Crippen LogP contribution in [0.5, 0.6) is 0 Å². The summed E-state index contributed by atoms with van der Waals surface area (Å²) < 4.78 is 12.8. The molecule has 0 spiro atoms. The molecule has 0 radical (unpaired) electrons. The second-order valence-corrected chi connectivity index (χ2v) is 3.33. The molecule has 1 unspecified atom stereocenters. The maximum atomic E-state index is 12.8. The zero-order valence-electron chi connectivity index (χ0n) is 8.96. The number of halogens is 1. The van der Waals surface area contributed by atoms with Crippen molar-refractivity contribution in [1.82, 2.24) is 5.32 Å². The molecule has 84 valence electrons. The van der Waals surface area contributed by atoms with Crippen molar-refractivity contribution in [2.45, 2.75) is 13.0 Å². The van der Waals surface area contributed by atoms with Gasteiger partial charge in [0.05, 0.1) is 12.6 Å². The number of rotatable bonds is 4. The lowest BCUT2D eigenvalue weighted by Crippen LogP contribution is -2.33. The number of hydrogen-bond donors (Lipinski definition) is 2. The summed E-state index contributed by atoms with van der Waals surface area (Å²) in [6, 6.07) is 5.54. The Hall–Kier alpha value is -1.86. The standard InChI is InChI=1S/C12H13FN2O/c1-3-9(2)14-8-12(16)15-11-6-4-5-10(13)7-11/h1,4-7,9,14H,8H2,2H3,(H,15,16). The maximum Gasteiger partial charge on any atom is 0.238 e. The van der Waals surface area contributed by atoms with Crippen molar-refractivity contribution in [1.29, 1.82) is 0 Å². The monoisotopic (exact) mass is 220 g/mol. The average molecular weight is 220 g/mol. The van der Waals surface area contributed by atoms with E-state index in [4.69, 9.17) is 6.42 Å². The lowest BCUT2D eigenvalue weighted by atomic mass is 10.3. The van der Waals surface area contributed by atoms with Crippen LogP contribution in [0, 0.1) is 18.2 Å². The minimum absolute atomic E-state index is 0.0991. The van der Waals surface area contributed by atoms with Crippen LogP contribution in [0.25, 0.3) is 0 Å². The van der Waals surface area contributed by atoms with Crippen LogP contribution in [0.2, 0.25) is 0 Å². The molecule has 1 atom stereocenters. The molecular weight excluding hydrogens is 207 g/mol. The van der Waals surface area contributed by atoms with E-state index in [0.717, 1.165) is 0 Å². The van der Waals surface area contributed by atoms with E-state index in [1.807, 2.05) is 0 Å². The first-order valence-corrected chi connectivity index (χ1v) is 4.86. The first-order valence-electron chi connectivity index (χ1n) is 4.86. The highest BCUT2D eigenvalue weighted by molar-refractivity contribution is 5.92. The molecule has 0 bridgehead atoms. The fourth-order valence-electron chi connectivity index (χ4n) is 1.08. The van der Waals surface area contributed by atoms with Crippen molar-refractivity contribution in [2.24, 2.45) is 0 Å². The second-order valence-electron chi connectivity index (χ2n) is 3.33. The molecule has 4 heteroatoms. The minimum atomic E-state index is -0.386. The van der Waals surface area contributed by atoms with E-state index in [9.17, 15) is 9.18 Å². The molecule has 0 heterocycles. The van der Waals surface area contributed by atoms with Crippen LogP contribution in [0.1, 0.15) is 6.92 Å². The predicted octanol–water partition coefficient (Wildman–Crippen LogP) is 1.38. The molecule has 0 aliphatic carbocycles. The Labute approximate surface area is 94.0 Å². The van der Waals surface area contributed by atoms with Crippen LogP contribution in [0.15, 0.2) is 24.3 Å². The summed E-state index contributed by atoms with van der Waals surface area (Å²) >= 11 is 0. The van der Waals surface area contributed by atoms with Gasteiger partial charge >= 0.3 is 0 Å². The Balaban J connectivity index is 2.43. The Morgan fingerprint density at radius 1 is 1.62 bits per heavy atom. The molecule has 2 N–H and O–H groups in total. The number of nitrogens with one attached hydrogen (secondary N) is 2. The third-order valence-electron chi connectivity index (χ3n) is 1.93. The van der Waals surface area contributed by atoms with Crippen LogP contribution in [-0.4, -0.2) is 18.5 Å². The summed E-state index contributed by atoms with van der Waals surface area (Å²) in [5, 5.41) is 5.38. The average Bonchev–Trinajstić information content (AvgIpc) is 2.26. The van der Waals surface area contributed by atoms with E-state index in [0.29, 0.717) is 5.69 Å². The first kappa shape index (κ1) is 12.2. The molecule has 0 aliphatic rings. The molecule has 0 saturated carbocycles. The van der Waals surface area contributed by atoms with Gasteiger partial charge in [0.1, 0.15) is 5.82 Å². The highest BCUT2D eigenvalue weighted by atomic mass is 19.1. The third kappa shape index (κ3) is 4.11. The van der Waals surface area contributed by atoms with Crippen LogP contribution >= 0.6 is 0 Å². The number of carbonyl (C=O) groups is 1. The third-order valence-corrected chi connectivity index (χ3v) is 1.93. The lowest BCUT2D eigenvalue weighted by molar-refractivity contribution is -0.115. The van der Waals surface area contributed by atoms with Gasteiger partial charge in [-0.15, -0.1) is 6.42 Å². The Kier molecular flexibility index (Phi) is 4.49. The molecule has 1 aromatic carbocycles. The molecule has 1 aromatic rings. The van der Waals surface area contributed by atoms with E-state index in [1.54, 1.807) is 13.0 Å². The van der Waals surface area contributed by atoms with Crippen LogP contribution in [0.3, 0.4) is 0 Å². The van der Waals surface area contributed by atoms with Gasteiger partial charge in [-0.2, -0.15) is 0 Å². The Morgan fingerprint density at radius 2 is 2.38 bits per heavy atom. The number of hydrogen-bond acceptors (Lipinski definition) is 2. The highest BCUT2D eigenvalue weighted by Gasteiger charge is 2.04. The van der Waals surface area contributed by atoms with E-state index in [-0.39, 0.29) is 24.3 Å². The topological polar surface area (TPSA) is 41.1 Å². The Bertz CT molecular complexity index is 412. The molecule has 0 saturated heterocycles. The quantitative estimate of drug-likeness (QED) is 0.752. The number of benzene rings is 1. The molecule has 1 rings (SSSR count). The van der Waals surface area contributed by atoms with Gasteiger partial charge in [0.25, 0.3) is 0 Å². The van der Waals surface area contributed by atoms with Crippen molar-refractivity contribution in [3.05, 3.63) is 30.1 Å². The van der Waals surface area contributed by atoms with Gasteiger partial charge in [-0.3, -0.25) is 10.1 Å². The van der Waals surface area contributed by atoms with E-state index in [1.165, 1.54) is 18.2 Å². The highest BCUT2D eigenvalue weighted by Crippen LogP contribution is 2.08. The van der Waals surface area contributed by atoms with Gasteiger partial charge in [0, 0.05) is 5.69 Å². The lowest BCUT2D eigenvalue weighted by Gasteiger charge is -2.08.